The second kappa shape index (κ2) is 17.5. The number of hydrogen-bond acceptors (Lipinski definition) is 3. The van der Waals surface area contributed by atoms with Crippen molar-refractivity contribution in [1.29, 1.82) is 0 Å². The van der Waals surface area contributed by atoms with Crippen molar-refractivity contribution >= 4 is 0 Å². The summed E-state index contributed by atoms with van der Waals surface area (Å²) in [5, 5.41) is 24.2. The third-order valence-corrected chi connectivity index (χ3v) is 11.9. The van der Waals surface area contributed by atoms with Crippen LogP contribution < -0.4 is 61.2 Å². The molecule has 0 aromatic heterocycles. The maximum Gasteiger partial charge on any atom is 1.00 e. The molecule has 0 atom stereocenters. The molecule has 0 unspecified atom stereocenters. The van der Waals surface area contributed by atoms with Crippen molar-refractivity contribution < 1.29 is 66.3 Å². The van der Waals surface area contributed by atoms with E-state index in [1.807, 2.05) is 30.3 Å². The van der Waals surface area contributed by atoms with Crippen molar-refractivity contribution in [2.45, 2.75) is 169 Å². The number of aliphatic hydroxyl groups excluding tert-OH is 1. The molecule has 0 saturated heterocycles. The molecule has 0 aliphatic carbocycles. The smallest absolute Gasteiger partial charge is 0.872 e. The molecule has 6 rings (SSSR count). The van der Waals surface area contributed by atoms with E-state index in [0.29, 0.717) is 0 Å². The van der Waals surface area contributed by atoms with Gasteiger partial charge in [-0.2, -0.15) is 0 Å². The Morgan fingerprint density at radius 1 is 0.450 bits per heavy atom. The van der Waals surface area contributed by atoms with Gasteiger partial charge in [-0.25, -0.2) is 0 Å². The summed E-state index contributed by atoms with van der Waals surface area (Å²) in [6.07, 6.45) is 0. The van der Waals surface area contributed by atoms with Crippen LogP contribution in [-0.2, 0) is 44.5 Å². The van der Waals surface area contributed by atoms with E-state index in [2.05, 4.69) is 191 Å². The zero-order valence-electron chi connectivity index (χ0n) is 40.7. The summed E-state index contributed by atoms with van der Waals surface area (Å²) in [5.41, 5.74) is 9.45. The quantitative estimate of drug-likeness (QED) is 0.181. The number of fused-ring (bicyclic) bond motifs is 2. The normalized spacial score (nSPS) is 14.2. The van der Waals surface area contributed by atoms with Crippen LogP contribution in [0, 0.1) is 0 Å². The number of benzene rings is 5. The van der Waals surface area contributed by atoms with E-state index in [9.17, 15) is 0 Å². The van der Waals surface area contributed by atoms with Crippen LogP contribution in [0.1, 0.15) is 186 Å². The molecule has 1 heterocycles. The summed E-state index contributed by atoms with van der Waals surface area (Å²) in [6, 6.07) is 34.3. The molecule has 1 N–H and O–H groups in total. The van der Waals surface area contributed by atoms with E-state index in [4.69, 9.17) is 9.84 Å². The SMILES string of the molecule is CC(C)(C)c1cc(C(C)(C)C)c([O-])c(C2(c3ccccc3)c3cc(C(C)(C)C)cc(C(C)(C)C)c3Oc3c(C(C)(C)C)cc(C(C)(C)C)cc32)c1.OCc1ccccc1.[K+]. The first kappa shape index (κ1) is 49.9. The topological polar surface area (TPSA) is 52.5 Å². The van der Waals surface area contributed by atoms with Crippen molar-refractivity contribution in [3.63, 3.8) is 0 Å². The number of rotatable bonds is 3. The van der Waals surface area contributed by atoms with Gasteiger partial charge < -0.3 is 14.9 Å². The molecule has 60 heavy (non-hydrogen) atoms. The van der Waals surface area contributed by atoms with Crippen LogP contribution in [0.4, 0.5) is 0 Å². The van der Waals surface area contributed by atoms with Crippen molar-refractivity contribution in [1.82, 2.24) is 0 Å². The predicted octanol–water partition coefficient (Wildman–Crippen LogP) is 11.2. The maximum absolute atomic E-state index is 15.7. The largest absolute Gasteiger partial charge is 1.00 e. The fourth-order valence-electron chi connectivity index (χ4n) is 8.19. The number of hydrogen-bond donors (Lipinski definition) is 1. The monoisotopic (exact) mass is 833 g/mol. The third-order valence-electron chi connectivity index (χ3n) is 11.9. The van der Waals surface area contributed by atoms with Crippen LogP contribution in [0.15, 0.2) is 97.1 Å². The summed E-state index contributed by atoms with van der Waals surface area (Å²) in [5.74, 6) is 1.85. The van der Waals surface area contributed by atoms with Gasteiger partial charge in [-0.1, -0.05) is 210 Å². The van der Waals surface area contributed by atoms with Crippen LogP contribution in [0.25, 0.3) is 0 Å². The van der Waals surface area contributed by atoms with Gasteiger partial charge in [-0.05, 0) is 83.6 Å². The van der Waals surface area contributed by atoms with Gasteiger partial charge in [0.2, 0.25) is 0 Å². The Morgan fingerprint density at radius 3 is 1.10 bits per heavy atom. The van der Waals surface area contributed by atoms with Crippen LogP contribution >= 0.6 is 0 Å². The maximum atomic E-state index is 15.7. The standard InChI is InChI=1S/C49H66O2.C7H8O.K/c1-43(2,3)31-24-34(46(10,11)12)40(50)35(25-31)49(30-22-20-19-21-23-30)38-28-32(44(4,5)6)26-36(47(13,14)15)41(38)51-42-37(48(16,17)18)27-33(29-39(42)49)45(7,8)9;8-6-7-4-2-1-3-5-7;/h19-29,50H,1-18H3;1-5,8H,6H2;/q;;+1/p-1. The molecule has 0 radical (unpaired) electrons. The van der Waals surface area contributed by atoms with Crippen LogP contribution in [0.2, 0.25) is 0 Å². The van der Waals surface area contributed by atoms with Gasteiger partial charge in [-0.15, -0.1) is 5.75 Å². The molecular formula is C56H73KO3. The first-order valence-corrected chi connectivity index (χ1v) is 21.6. The van der Waals surface area contributed by atoms with Crippen molar-refractivity contribution in [2.75, 3.05) is 0 Å². The molecule has 3 nitrogen and oxygen atoms in total. The molecule has 0 fully saturated rings. The van der Waals surface area contributed by atoms with E-state index in [1.54, 1.807) is 0 Å². The minimum absolute atomic E-state index is 0. The average Bonchev–Trinajstić information content (AvgIpc) is 3.11. The van der Waals surface area contributed by atoms with Gasteiger partial charge in [0.15, 0.2) is 0 Å². The zero-order chi connectivity index (χ0) is 44.3. The first-order valence-electron chi connectivity index (χ1n) is 21.6. The van der Waals surface area contributed by atoms with Gasteiger partial charge in [0, 0.05) is 22.3 Å². The Hall–Kier alpha value is -2.70. The molecule has 0 amide bonds. The van der Waals surface area contributed by atoms with Gasteiger partial charge in [-0.3, -0.25) is 0 Å². The van der Waals surface area contributed by atoms with Gasteiger partial charge in [0.1, 0.15) is 11.5 Å². The molecular weight excluding hydrogens is 760 g/mol. The van der Waals surface area contributed by atoms with Crippen LogP contribution in [0.3, 0.4) is 0 Å². The molecule has 1 aliphatic rings. The third kappa shape index (κ3) is 10.1. The summed E-state index contributed by atoms with van der Waals surface area (Å²) >= 11 is 0. The molecule has 1 aliphatic heterocycles. The van der Waals surface area contributed by atoms with E-state index in [0.717, 1.165) is 61.6 Å². The van der Waals surface area contributed by atoms with E-state index in [1.165, 1.54) is 11.1 Å². The number of aliphatic hydroxyl groups is 1. The summed E-state index contributed by atoms with van der Waals surface area (Å²) in [6.45, 7) is 40.8. The Balaban J connectivity index is 0.000000789. The fourth-order valence-corrected chi connectivity index (χ4v) is 8.19. The molecule has 0 bridgehead atoms. The fraction of sp³-hybridized carbons (Fsp3) is 0.464. The van der Waals surface area contributed by atoms with Crippen molar-refractivity contribution in [3.05, 3.63) is 158 Å². The molecule has 0 spiro atoms. The van der Waals surface area contributed by atoms with Crippen LogP contribution in [-0.4, -0.2) is 5.11 Å². The summed E-state index contributed by atoms with van der Waals surface area (Å²) in [7, 11) is 0. The Bertz CT molecular complexity index is 2160. The Morgan fingerprint density at radius 2 is 0.783 bits per heavy atom. The molecule has 5 aromatic rings. The first-order chi connectivity index (χ1) is 26.9. The molecule has 4 heteroatoms. The molecule has 5 aromatic carbocycles. The summed E-state index contributed by atoms with van der Waals surface area (Å²) < 4.78 is 7.46. The van der Waals surface area contributed by atoms with Gasteiger partial charge >= 0.3 is 51.4 Å². The minimum Gasteiger partial charge on any atom is -0.872 e. The van der Waals surface area contributed by atoms with Gasteiger partial charge in [0.05, 0.1) is 12.0 Å². The van der Waals surface area contributed by atoms with E-state index >= 15 is 5.11 Å². The van der Waals surface area contributed by atoms with Crippen molar-refractivity contribution in [3.8, 4) is 17.2 Å². The van der Waals surface area contributed by atoms with E-state index < -0.39 is 5.41 Å². The van der Waals surface area contributed by atoms with Crippen LogP contribution in [0.5, 0.6) is 17.2 Å². The van der Waals surface area contributed by atoms with E-state index in [-0.39, 0.29) is 96.2 Å². The summed E-state index contributed by atoms with van der Waals surface area (Å²) in [4.78, 5) is 0. The Labute approximate surface area is 407 Å². The predicted molar refractivity (Wildman–Crippen MR) is 249 cm³/mol. The molecule has 0 saturated carbocycles. The number of ether oxygens (including phenoxy) is 1. The minimum atomic E-state index is -0.967. The second-order valence-electron chi connectivity index (χ2n) is 23.1. The zero-order valence-corrected chi connectivity index (χ0v) is 43.8. The Kier molecular flexibility index (Phi) is 14.5. The van der Waals surface area contributed by atoms with Crippen molar-refractivity contribution in [2.24, 2.45) is 0 Å². The second-order valence-corrected chi connectivity index (χ2v) is 23.1. The van der Waals surface area contributed by atoms with Gasteiger partial charge in [0.25, 0.3) is 0 Å². The molecule has 316 valence electrons. The average molecular weight is 833 g/mol.